The largest absolute Gasteiger partial charge is 0.313 e. The highest BCUT2D eigenvalue weighted by Gasteiger charge is 1.96. The lowest BCUT2D eigenvalue weighted by Crippen LogP contribution is -2.14. The Morgan fingerprint density at radius 1 is 1.17 bits per heavy atom. The van der Waals surface area contributed by atoms with Crippen molar-refractivity contribution in [1.82, 2.24) is 10.3 Å². The molecule has 1 aromatic rings. The highest BCUT2D eigenvalue weighted by atomic mass is 79.9. The Labute approximate surface area is 120 Å². The fraction of sp³-hybridized carbons (Fsp3) is 0.667. The molecule has 0 spiro atoms. The Kier molecular flexibility index (Phi) is 8.27. The number of aromatic nitrogens is 1. The highest BCUT2D eigenvalue weighted by Crippen LogP contribution is 2.10. The first kappa shape index (κ1) is 15.6. The zero-order valence-electron chi connectivity index (χ0n) is 11.6. The predicted octanol–water partition coefficient (Wildman–Crippen LogP) is 4.54. The van der Waals surface area contributed by atoms with Crippen LogP contribution in [-0.4, -0.2) is 11.5 Å². The fourth-order valence-electron chi connectivity index (χ4n) is 1.94. The van der Waals surface area contributed by atoms with E-state index in [1.54, 1.807) is 0 Å². The molecular formula is C15H25BrN2. The van der Waals surface area contributed by atoms with Gasteiger partial charge in [0.05, 0.1) is 0 Å². The molecule has 102 valence electrons. The summed E-state index contributed by atoms with van der Waals surface area (Å²) in [6, 6.07) is 2.11. The van der Waals surface area contributed by atoms with Crippen LogP contribution in [0.2, 0.25) is 0 Å². The molecule has 0 atom stereocenters. The van der Waals surface area contributed by atoms with Gasteiger partial charge in [0.1, 0.15) is 0 Å². The molecule has 3 heteroatoms. The van der Waals surface area contributed by atoms with Gasteiger partial charge in [-0.25, -0.2) is 0 Å². The van der Waals surface area contributed by atoms with Crippen LogP contribution in [0.5, 0.6) is 0 Å². The lowest BCUT2D eigenvalue weighted by atomic mass is 10.0. The minimum absolute atomic E-state index is 0.854. The summed E-state index contributed by atoms with van der Waals surface area (Å²) in [5.74, 6) is 0.854. The van der Waals surface area contributed by atoms with Gasteiger partial charge in [-0.2, -0.15) is 0 Å². The Morgan fingerprint density at radius 2 is 1.94 bits per heavy atom. The predicted molar refractivity (Wildman–Crippen MR) is 81.6 cm³/mol. The highest BCUT2D eigenvalue weighted by molar-refractivity contribution is 9.10. The molecule has 0 fully saturated rings. The van der Waals surface area contributed by atoms with Crippen LogP contribution in [0.15, 0.2) is 22.9 Å². The SMILES string of the molecule is CC(C)CCCCCCNCc1cncc(Br)c1. The van der Waals surface area contributed by atoms with Gasteiger partial charge in [-0.05, 0) is 46.4 Å². The summed E-state index contributed by atoms with van der Waals surface area (Å²) in [6.07, 6.45) is 10.5. The quantitative estimate of drug-likeness (QED) is 0.677. The van der Waals surface area contributed by atoms with Gasteiger partial charge in [-0.1, -0.05) is 39.5 Å². The molecule has 1 N–H and O–H groups in total. The molecule has 0 radical (unpaired) electrons. The summed E-state index contributed by atoms with van der Waals surface area (Å²) in [5, 5.41) is 3.47. The summed E-state index contributed by atoms with van der Waals surface area (Å²) in [7, 11) is 0. The third kappa shape index (κ3) is 7.83. The second-order valence-electron chi connectivity index (χ2n) is 5.28. The Bertz CT molecular complexity index is 326. The molecule has 0 aliphatic carbocycles. The molecule has 0 amide bonds. The monoisotopic (exact) mass is 312 g/mol. The van der Waals surface area contributed by atoms with E-state index in [-0.39, 0.29) is 0 Å². The summed E-state index contributed by atoms with van der Waals surface area (Å²) in [5.41, 5.74) is 1.24. The van der Waals surface area contributed by atoms with Gasteiger partial charge in [-0.3, -0.25) is 4.98 Å². The van der Waals surface area contributed by atoms with E-state index in [0.29, 0.717) is 0 Å². The van der Waals surface area contributed by atoms with Crippen molar-refractivity contribution in [3.63, 3.8) is 0 Å². The maximum Gasteiger partial charge on any atom is 0.0410 e. The van der Waals surface area contributed by atoms with Crippen molar-refractivity contribution in [2.24, 2.45) is 5.92 Å². The zero-order chi connectivity index (χ0) is 13.2. The second kappa shape index (κ2) is 9.51. The van der Waals surface area contributed by atoms with Crippen LogP contribution in [0.4, 0.5) is 0 Å². The van der Waals surface area contributed by atoms with Crippen molar-refractivity contribution in [2.75, 3.05) is 6.54 Å². The van der Waals surface area contributed by atoms with Crippen LogP contribution in [0, 0.1) is 5.92 Å². The van der Waals surface area contributed by atoms with Crippen LogP contribution < -0.4 is 5.32 Å². The molecule has 0 saturated heterocycles. The molecule has 0 saturated carbocycles. The van der Waals surface area contributed by atoms with Crippen LogP contribution in [0.1, 0.15) is 51.5 Å². The molecule has 0 unspecified atom stereocenters. The summed E-state index contributed by atoms with van der Waals surface area (Å²) >= 11 is 3.43. The molecule has 0 bridgehead atoms. The van der Waals surface area contributed by atoms with Gasteiger partial charge in [0.2, 0.25) is 0 Å². The summed E-state index contributed by atoms with van der Waals surface area (Å²) in [4.78, 5) is 4.15. The number of hydrogen-bond donors (Lipinski definition) is 1. The Balaban J connectivity index is 1.96. The topological polar surface area (TPSA) is 24.9 Å². The number of unbranched alkanes of at least 4 members (excludes halogenated alkanes) is 3. The minimum Gasteiger partial charge on any atom is -0.313 e. The first-order chi connectivity index (χ1) is 8.68. The molecule has 1 aromatic heterocycles. The van der Waals surface area contributed by atoms with E-state index in [0.717, 1.165) is 23.5 Å². The molecule has 1 heterocycles. The van der Waals surface area contributed by atoms with E-state index in [1.165, 1.54) is 37.7 Å². The summed E-state index contributed by atoms with van der Waals surface area (Å²) < 4.78 is 1.05. The standard InChI is InChI=1S/C15H25BrN2/c1-13(2)7-5-3-4-6-8-17-10-14-9-15(16)12-18-11-14/h9,11-13,17H,3-8,10H2,1-2H3. The summed E-state index contributed by atoms with van der Waals surface area (Å²) in [6.45, 7) is 6.62. The van der Waals surface area contributed by atoms with Crippen molar-refractivity contribution in [3.8, 4) is 0 Å². The van der Waals surface area contributed by atoms with Gasteiger partial charge in [0, 0.05) is 23.4 Å². The molecule has 0 aromatic carbocycles. The first-order valence-electron chi connectivity index (χ1n) is 6.98. The van der Waals surface area contributed by atoms with Crippen molar-refractivity contribution in [2.45, 2.75) is 52.5 Å². The van der Waals surface area contributed by atoms with Crippen LogP contribution in [0.25, 0.3) is 0 Å². The molecule has 1 rings (SSSR count). The third-order valence-electron chi connectivity index (χ3n) is 2.98. The third-order valence-corrected chi connectivity index (χ3v) is 3.41. The average molecular weight is 313 g/mol. The van der Waals surface area contributed by atoms with E-state index >= 15 is 0 Å². The number of pyridine rings is 1. The van der Waals surface area contributed by atoms with Gasteiger partial charge in [0.25, 0.3) is 0 Å². The van der Waals surface area contributed by atoms with Crippen molar-refractivity contribution < 1.29 is 0 Å². The lowest BCUT2D eigenvalue weighted by molar-refractivity contribution is 0.512. The minimum atomic E-state index is 0.854. The molecule has 18 heavy (non-hydrogen) atoms. The van der Waals surface area contributed by atoms with Gasteiger partial charge < -0.3 is 5.32 Å². The van der Waals surface area contributed by atoms with Gasteiger partial charge in [0.15, 0.2) is 0 Å². The van der Waals surface area contributed by atoms with E-state index in [9.17, 15) is 0 Å². The Hall–Kier alpha value is -0.410. The van der Waals surface area contributed by atoms with E-state index < -0.39 is 0 Å². The van der Waals surface area contributed by atoms with Crippen molar-refractivity contribution in [3.05, 3.63) is 28.5 Å². The van der Waals surface area contributed by atoms with Crippen LogP contribution >= 0.6 is 15.9 Å². The Morgan fingerprint density at radius 3 is 2.67 bits per heavy atom. The fourth-order valence-corrected chi connectivity index (χ4v) is 2.35. The molecule has 0 aliphatic rings. The number of hydrogen-bond acceptors (Lipinski definition) is 2. The number of halogens is 1. The first-order valence-corrected chi connectivity index (χ1v) is 7.78. The second-order valence-corrected chi connectivity index (χ2v) is 6.20. The van der Waals surface area contributed by atoms with Crippen LogP contribution in [0.3, 0.4) is 0 Å². The van der Waals surface area contributed by atoms with Crippen molar-refractivity contribution in [1.29, 1.82) is 0 Å². The zero-order valence-corrected chi connectivity index (χ0v) is 13.2. The smallest absolute Gasteiger partial charge is 0.0410 e. The maximum absolute atomic E-state index is 4.15. The van der Waals surface area contributed by atoms with Gasteiger partial charge in [-0.15, -0.1) is 0 Å². The lowest BCUT2D eigenvalue weighted by Gasteiger charge is -2.06. The molecule has 2 nitrogen and oxygen atoms in total. The molecule has 0 aliphatic heterocycles. The number of nitrogens with one attached hydrogen (secondary N) is 1. The maximum atomic E-state index is 4.15. The molecular weight excluding hydrogens is 288 g/mol. The van der Waals surface area contributed by atoms with Crippen LogP contribution in [-0.2, 0) is 6.54 Å². The number of rotatable bonds is 9. The van der Waals surface area contributed by atoms with E-state index in [2.05, 4.69) is 46.1 Å². The van der Waals surface area contributed by atoms with E-state index in [4.69, 9.17) is 0 Å². The van der Waals surface area contributed by atoms with Gasteiger partial charge >= 0.3 is 0 Å². The van der Waals surface area contributed by atoms with Crippen molar-refractivity contribution >= 4 is 15.9 Å². The average Bonchev–Trinajstić information content (AvgIpc) is 2.32. The normalized spacial score (nSPS) is 11.1. The number of nitrogens with zero attached hydrogens (tertiary/aromatic N) is 1. The van der Waals surface area contributed by atoms with E-state index in [1.807, 2.05) is 12.4 Å².